The Morgan fingerprint density at radius 2 is 1.63 bits per heavy atom. The van der Waals surface area contributed by atoms with Crippen LogP contribution in [0, 0.1) is 12.3 Å². The summed E-state index contributed by atoms with van der Waals surface area (Å²) in [6.45, 7) is 4.65. The Morgan fingerprint density at radius 1 is 1.00 bits per heavy atom. The third-order valence-electron chi connectivity index (χ3n) is 3.19. The summed E-state index contributed by atoms with van der Waals surface area (Å²) in [4.78, 5) is 0. The second kappa shape index (κ2) is 5.63. The Bertz CT molecular complexity index is 559. The molecule has 0 heterocycles. The van der Waals surface area contributed by atoms with Crippen LogP contribution in [0.2, 0.25) is 0 Å². The molecule has 0 spiro atoms. The first-order chi connectivity index (χ1) is 9.12. The summed E-state index contributed by atoms with van der Waals surface area (Å²) in [7, 11) is 0. The molecule has 0 aliphatic heterocycles. The van der Waals surface area contributed by atoms with Gasteiger partial charge in [0.2, 0.25) is 0 Å². The fourth-order valence-corrected chi connectivity index (χ4v) is 1.79. The third-order valence-corrected chi connectivity index (χ3v) is 3.19. The Morgan fingerprint density at radius 3 is 2.21 bits per heavy atom. The molecule has 19 heavy (non-hydrogen) atoms. The van der Waals surface area contributed by atoms with Crippen molar-refractivity contribution >= 4 is 0 Å². The van der Waals surface area contributed by atoms with Gasteiger partial charge in [0.05, 0.1) is 5.41 Å². The van der Waals surface area contributed by atoms with Crippen molar-refractivity contribution in [2.75, 3.05) is 0 Å². The number of benzene rings is 2. The van der Waals surface area contributed by atoms with E-state index < -0.39 is 0 Å². The summed E-state index contributed by atoms with van der Waals surface area (Å²) in [6, 6.07) is 18.1. The summed E-state index contributed by atoms with van der Waals surface area (Å²) in [5.41, 5.74) is 2.05. The maximum Gasteiger partial charge on any atom is 0.119 e. The summed E-state index contributed by atoms with van der Waals surface area (Å²) < 4.78 is 5.74. The monoisotopic (exact) mass is 250 g/mol. The maximum absolute atomic E-state index is 5.74. The molecule has 0 fully saturated rings. The second-order valence-electron chi connectivity index (χ2n) is 5.07. The van der Waals surface area contributed by atoms with Crippen LogP contribution in [0.3, 0.4) is 0 Å². The second-order valence-corrected chi connectivity index (χ2v) is 5.07. The zero-order valence-electron chi connectivity index (χ0n) is 11.4. The van der Waals surface area contributed by atoms with Crippen LogP contribution in [0.25, 0.3) is 0 Å². The highest BCUT2D eigenvalue weighted by atomic mass is 16.5. The van der Waals surface area contributed by atoms with E-state index in [0.717, 1.165) is 16.9 Å². The van der Waals surface area contributed by atoms with E-state index in [4.69, 9.17) is 11.2 Å². The van der Waals surface area contributed by atoms with E-state index in [9.17, 15) is 0 Å². The van der Waals surface area contributed by atoms with Crippen molar-refractivity contribution in [2.24, 2.45) is 0 Å². The molecule has 0 unspecified atom stereocenters. The highest BCUT2D eigenvalue weighted by Gasteiger charge is 2.16. The Hall–Kier alpha value is -2.20. The normalized spacial score (nSPS) is 10.8. The van der Waals surface area contributed by atoms with Crippen molar-refractivity contribution in [1.82, 2.24) is 0 Å². The Balaban J connectivity index is 2.02. The van der Waals surface area contributed by atoms with Crippen LogP contribution in [0.4, 0.5) is 0 Å². The number of ether oxygens (including phenoxy) is 1. The minimum Gasteiger partial charge on any atom is -0.489 e. The Labute approximate surface area is 115 Å². The van der Waals surface area contributed by atoms with Crippen LogP contribution in [0.15, 0.2) is 54.6 Å². The molecule has 2 aromatic rings. The zero-order valence-corrected chi connectivity index (χ0v) is 11.4. The first-order valence-corrected chi connectivity index (χ1v) is 6.37. The molecule has 0 radical (unpaired) electrons. The molecule has 0 saturated carbocycles. The average Bonchev–Trinajstić information content (AvgIpc) is 2.47. The van der Waals surface area contributed by atoms with Crippen LogP contribution in [0.5, 0.6) is 5.75 Å². The van der Waals surface area contributed by atoms with Crippen LogP contribution in [0.1, 0.15) is 25.0 Å². The van der Waals surface area contributed by atoms with E-state index in [1.165, 1.54) is 0 Å². The molecular weight excluding hydrogens is 232 g/mol. The molecule has 2 aromatic carbocycles. The SMILES string of the molecule is C#CC(C)(C)c1ccc(OCc2ccccc2)cc1. The molecule has 0 aliphatic carbocycles. The molecule has 96 valence electrons. The zero-order chi connectivity index (χ0) is 13.7. The van der Waals surface area contributed by atoms with Gasteiger partial charge in [0, 0.05) is 0 Å². The highest BCUT2D eigenvalue weighted by molar-refractivity contribution is 5.36. The number of terminal acetylenes is 1. The minimum atomic E-state index is -0.238. The lowest BCUT2D eigenvalue weighted by Crippen LogP contribution is -2.13. The molecule has 0 bridgehead atoms. The summed E-state index contributed by atoms with van der Waals surface area (Å²) >= 11 is 0. The molecule has 0 atom stereocenters. The largest absolute Gasteiger partial charge is 0.489 e. The molecule has 0 aliphatic rings. The van der Waals surface area contributed by atoms with E-state index in [1.807, 2.05) is 56.3 Å². The van der Waals surface area contributed by atoms with Crippen LogP contribution < -0.4 is 4.74 Å². The number of rotatable bonds is 4. The van der Waals surface area contributed by atoms with Gasteiger partial charge in [-0.3, -0.25) is 0 Å². The third kappa shape index (κ3) is 3.39. The summed E-state index contributed by atoms with van der Waals surface area (Å²) in [5, 5.41) is 0. The molecule has 0 aromatic heterocycles. The van der Waals surface area contributed by atoms with E-state index in [0.29, 0.717) is 6.61 Å². The first-order valence-electron chi connectivity index (χ1n) is 6.37. The molecule has 0 amide bonds. The standard InChI is InChI=1S/C18H18O/c1-4-18(2,3)16-10-12-17(13-11-16)19-14-15-8-6-5-7-9-15/h1,5-13H,14H2,2-3H3. The van der Waals surface area contributed by atoms with Gasteiger partial charge >= 0.3 is 0 Å². The molecular formula is C18H18O. The Kier molecular flexibility index (Phi) is 3.92. The smallest absolute Gasteiger partial charge is 0.119 e. The van der Waals surface area contributed by atoms with Crippen molar-refractivity contribution in [2.45, 2.75) is 25.9 Å². The van der Waals surface area contributed by atoms with Crippen LogP contribution in [-0.4, -0.2) is 0 Å². The lowest BCUT2D eigenvalue weighted by molar-refractivity contribution is 0.306. The van der Waals surface area contributed by atoms with Gasteiger partial charge in [0.1, 0.15) is 12.4 Å². The quantitative estimate of drug-likeness (QED) is 0.740. The molecule has 0 saturated heterocycles. The summed E-state index contributed by atoms with van der Waals surface area (Å²) in [5.74, 6) is 3.66. The topological polar surface area (TPSA) is 9.23 Å². The molecule has 0 N–H and O–H groups in total. The molecule has 1 heteroatoms. The van der Waals surface area contributed by atoms with Gasteiger partial charge < -0.3 is 4.74 Å². The lowest BCUT2D eigenvalue weighted by Gasteiger charge is -2.18. The highest BCUT2D eigenvalue weighted by Crippen LogP contribution is 2.24. The summed E-state index contributed by atoms with van der Waals surface area (Å²) in [6.07, 6.45) is 5.53. The van der Waals surface area contributed by atoms with Crippen molar-refractivity contribution < 1.29 is 4.74 Å². The van der Waals surface area contributed by atoms with Gasteiger partial charge in [-0.05, 0) is 37.1 Å². The fourth-order valence-electron chi connectivity index (χ4n) is 1.79. The van der Waals surface area contributed by atoms with Gasteiger partial charge in [-0.2, -0.15) is 0 Å². The van der Waals surface area contributed by atoms with Crippen LogP contribution in [-0.2, 0) is 12.0 Å². The van der Waals surface area contributed by atoms with Gasteiger partial charge in [0.25, 0.3) is 0 Å². The molecule has 1 nitrogen and oxygen atoms in total. The van der Waals surface area contributed by atoms with Gasteiger partial charge in [-0.25, -0.2) is 0 Å². The average molecular weight is 250 g/mol. The number of hydrogen-bond acceptors (Lipinski definition) is 1. The van der Waals surface area contributed by atoms with E-state index >= 15 is 0 Å². The number of hydrogen-bond donors (Lipinski definition) is 0. The van der Waals surface area contributed by atoms with Crippen LogP contribution >= 0.6 is 0 Å². The minimum absolute atomic E-state index is 0.238. The van der Waals surface area contributed by atoms with E-state index in [2.05, 4.69) is 18.1 Å². The predicted octanol–water partition coefficient (Wildman–Crippen LogP) is 4.18. The van der Waals surface area contributed by atoms with Gasteiger partial charge in [-0.15, -0.1) is 6.42 Å². The van der Waals surface area contributed by atoms with Crippen molar-refractivity contribution in [3.8, 4) is 18.1 Å². The van der Waals surface area contributed by atoms with Crippen molar-refractivity contribution in [3.63, 3.8) is 0 Å². The predicted molar refractivity (Wildman–Crippen MR) is 79.1 cm³/mol. The van der Waals surface area contributed by atoms with E-state index in [1.54, 1.807) is 0 Å². The van der Waals surface area contributed by atoms with Gasteiger partial charge in [-0.1, -0.05) is 48.4 Å². The van der Waals surface area contributed by atoms with Gasteiger partial charge in [0.15, 0.2) is 0 Å². The first kappa shape index (κ1) is 13.2. The van der Waals surface area contributed by atoms with Crippen molar-refractivity contribution in [1.29, 1.82) is 0 Å². The lowest BCUT2D eigenvalue weighted by atomic mass is 9.86. The van der Waals surface area contributed by atoms with Crippen molar-refractivity contribution in [3.05, 3.63) is 65.7 Å². The van der Waals surface area contributed by atoms with E-state index in [-0.39, 0.29) is 5.41 Å². The molecule has 2 rings (SSSR count). The maximum atomic E-state index is 5.74. The fraction of sp³-hybridized carbons (Fsp3) is 0.222.